The number of thiophene rings is 1. The molecule has 0 saturated carbocycles. The van der Waals surface area contributed by atoms with Crippen LogP contribution in [0.5, 0.6) is 11.5 Å². The van der Waals surface area contributed by atoms with Crippen LogP contribution in [0, 0.1) is 0 Å². The summed E-state index contributed by atoms with van der Waals surface area (Å²) < 4.78 is 14.8. The lowest BCUT2D eigenvalue weighted by atomic mass is 10.1. The van der Waals surface area contributed by atoms with E-state index in [0.29, 0.717) is 0 Å². The fourth-order valence-electron chi connectivity index (χ4n) is 4.44. The molecule has 4 nitrogen and oxygen atoms in total. The van der Waals surface area contributed by atoms with Crippen LogP contribution in [0.2, 0.25) is 0 Å². The van der Waals surface area contributed by atoms with Crippen LogP contribution < -0.4 is 9.47 Å². The highest BCUT2D eigenvalue weighted by molar-refractivity contribution is 7.25. The molecular weight excluding hydrogens is 428 g/mol. The van der Waals surface area contributed by atoms with Gasteiger partial charge in [0.2, 0.25) is 0 Å². The van der Waals surface area contributed by atoms with Gasteiger partial charge in [-0.1, -0.05) is 27.7 Å². The van der Waals surface area contributed by atoms with Gasteiger partial charge in [0.05, 0.1) is 0 Å². The third-order valence-corrected chi connectivity index (χ3v) is 7.04. The first kappa shape index (κ1) is 25.8. The standard InChI is InChI=1S/C28H42N2O2S/c1-5-13-29(14-6-2)17-19-31-23-9-11-25-26-12-10-24(22-28(26)33-27(25)21-23)32-20-18-30(15-7-3)16-8-4/h9-12,21-22H,5-8,13-20H2,1-4H3. The first-order valence-corrected chi connectivity index (χ1v) is 13.7. The fourth-order valence-corrected chi connectivity index (χ4v) is 5.60. The van der Waals surface area contributed by atoms with Crippen LogP contribution in [0.4, 0.5) is 0 Å². The average molecular weight is 471 g/mol. The van der Waals surface area contributed by atoms with Gasteiger partial charge in [0.1, 0.15) is 24.7 Å². The molecule has 5 heteroatoms. The molecule has 1 heterocycles. The van der Waals surface area contributed by atoms with Crippen molar-refractivity contribution in [2.75, 3.05) is 52.5 Å². The maximum atomic E-state index is 6.11. The molecule has 0 fully saturated rings. The Morgan fingerprint density at radius 1 is 0.576 bits per heavy atom. The third-order valence-electron chi connectivity index (χ3n) is 5.93. The van der Waals surface area contributed by atoms with E-state index in [9.17, 15) is 0 Å². The lowest BCUT2D eigenvalue weighted by Crippen LogP contribution is -2.30. The predicted molar refractivity (Wildman–Crippen MR) is 144 cm³/mol. The van der Waals surface area contributed by atoms with Crippen molar-refractivity contribution in [2.24, 2.45) is 0 Å². The Kier molecular flexibility index (Phi) is 10.8. The van der Waals surface area contributed by atoms with E-state index in [-0.39, 0.29) is 0 Å². The SMILES string of the molecule is CCCN(CCC)CCOc1ccc2c(c1)sc1cc(OCCN(CCC)CCC)ccc12. The summed E-state index contributed by atoms with van der Waals surface area (Å²) in [5.41, 5.74) is 0. The lowest BCUT2D eigenvalue weighted by Gasteiger charge is -2.20. The van der Waals surface area contributed by atoms with Crippen molar-refractivity contribution in [3.05, 3.63) is 36.4 Å². The first-order valence-electron chi connectivity index (χ1n) is 12.8. The second kappa shape index (κ2) is 13.8. The van der Waals surface area contributed by atoms with Crippen LogP contribution >= 0.6 is 11.3 Å². The summed E-state index contributed by atoms with van der Waals surface area (Å²) in [7, 11) is 0. The summed E-state index contributed by atoms with van der Waals surface area (Å²) in [5, 5.41) is 2.59. The molecule has 0 saturated heterocycles. The highest BCUT2D eigenvalue weighted by Gasteiger charge is 2.09. The summed E-state index contributed by atoms with van der Waals surface area (Å²) in [6.07, 6.45) is 4.76. The van der Waals surface area contributed by atoms with E-state index in [1.165, 1.54) is 45.9 Å². The Morgan fingerprint density at radius 2 is 0.970 bits per heavy atom. The quantitative estimate of drug-likeness (QED) is 0.224. The van der Waals surface area contributed by atoms with Crippen LogP contribution in [0.3, 0.4) is 0 Å². The van der Waals surface area contributed by atoms with Crippen molar-refractivity contribution in [2.45, 2.75) is 53.4 Å². The zero-order chi connectivity index (χ0) is 23.5. The van der Waals surface area contributed by atoms with Gasteiger partial charge in [0, 0.05) is 33.3 Å². The molecule has 0 aliphatic heterocycles. The third kappa shape index (κ3) is 7.59. The van der Waals surface area contributed by atoms with Crippen molar-refractivity contribution >= 4 is 31.5 Å². The molecule has 2 aromatic carbocycles. The molecule has 0 spiro atoms. The van der Waals surface area contributed by atoms with Crippen LogP contribution in [-0.2, 0) is 0 Å². The molecule has 0 radical (unpaired) electrons. The second-order valence-electron chi connectivity index (χ2n) is 8.80. The van der Waals surface area contributed by atoms with E-state index in [1.54, 1.807) is 0 Å². The number of fused-ring (bicyclic) bond motifs is 3. The van der Waals surface area contributed by atoms with Gasteiger partial charge in [-0.15, -0.1) is 11.3 Å². The summed E-state index contributed by atoms with van der Waals surface area (Å²) >= 11 is 1.82. The number of nitrogens with zero attached hydrogens (tertiary/aromatic N) is 2. The Hall–Kier alpha value is -1.82. The topological polar surface area (TPSA) is 24.9 Å². The molecule has 0 atom stereocenters. The van der Waals surface area contributed by atoms with Gasteiger partial charge in [0.15, 0.2) is 0 Å². The van der Waals surface area contributed by atoms with Gasteiger partial charge in [-0.25, -0.2) is 0 Å². The fraction of sp³-hybridized carbons (Fsp3) is 0.571. The molecule has 3 rings (SSSR count). The molecule has 33 heavy (non-hydrogen) atoms. The number of ether oxygens (including phenoxy) is 2. The van der Waals surface area contributed by atoms with E-state index in [0.717, 1.165) is 64.0 Å². The maximum absolute atomic E-state index is 6.11. The van der Waals surface area contributed by atoms with E-state index in [2.05, 4.69) is 73.9 Å². The zero-order valence-electron chi connectivity index (χ0n) is 21.1. The van der Waals surface area contributed by atoms with E-state index in [1.807, 2.05) is 11.3 Å². The summed E-state index contributed by atoms with van der Waals surface area (Å²) in [5.74, 6) is 1.93. The lowest BCUT2D eigenvalue weighted by molar-refractivity contribution is 0.209. The number of hydrogen-bond acceptors (Lipinski definition) is 5. The molecule has 0 unspecified atom stereocenters. The van der Waals surface area contributed by atoms with Crippen molar-refractivity contribution in [3.8, 4) is 11.5 Å². The molecule has 0 bridgehead atoms. The van der Waals surface area contributed by atoms with Gasteiger partial charge < -0.3 is 9.47 Å². The number of hydrogen-bond donors (Lipinski definition) is 0. The Bertz CT molecular complexity index is 883. The van der Waals surface area contributed by atoms with Gasteiger partial charge in [-0.2, -0.15) is 0 Å². The molecule has 0 aliphatic rings. The molecule has 0 amide bonds. The van der Waals surface area contributed by atoms with Crippen molar-refractivity contribution in [1.29, 1.82) is 0 Å². The van der Waals surface area contributed by atoms with Crippen molar-refractivity contribution in [3.63, 3.8) is 0 Å². The van der Waals surface area contributed by atoms with Crippen molar-refractivity contribution < 1.29 is 9.47 Å². The van der Waals surface area contributed by atoms with E-state index >= 15 is 0 Å². The second-order valence-corrected chi connectivity index (χ2v) is 9.88. The molecule has 182 valence electrons. The Morgan fingerprint density at radius 3 is 1.33 bits per heavy atom. The van der Waals surface area contributed by atoms with Gasteiger partial charge in [-0.3, -0.25) is 9.80 Å². The maximum Gasteiger partial charge on any atom is 0.120 e. The highest BCUT2D eigenvalue weighted by atomic mass is 32.1. The molecular formula is C28H42N2O2S. The largest absolute Gasteiger partial charge is 0.492 e. The van der Waals surface area contributed by atoms with Gasteiger partial charge >= 0.3 is 0 Å². The zero-order valence-corrected chi connectivity index (χ0v) is 21.9. The van der Waals surface area contributed by atoms with Crippen molar-refractivity contribution in [1.82, 2.24) is 9.80 Å². The number of rotatable bonds is 16. The molecule has 1 aromatic heterocycles. The van der Waals surface area contributed by atoms with Gasteiger partial charge in [-0.05, 0) is 88.3 Å². The van der Waals surface area contributed by atoms with Gasteiger partial charge in [0.25, 0.3) is 0 Å². The summed E-state index contributed by atoms with van der Waals surface area (Å²) in [6, 6.07) is 13.0. The number of benzene rings is 2. The minimum absolute atomic E-state index is 0.738. The Labute approximate surface area is 204 Å². The minimum Gasteiger partial charge on any atom is -0.492 e. The summed E-state index contributed by atoms with van der Waals surface area (Å²) in [4.78, 5) is 4.98. The summed E-state index contributed by atoms with van der Waals surface area (Å²) in [6.45, 7) is 17.0. The van der Waals surface area contributed by atoms with E-state index in [4.69, 9.17) is 9.47 Å². The van der Waals surface area contributed by atoms with E-state index < -0.39 is 0 Å². The average Bonchev–Trinajstić information content (AvgIpc) is 3.16. The molecule has 0 aliphatic carbocycles. The van der Waals surface area contributed by atoms with Crippen LogP contribution in [0.25, 0.3) is 20.2 Å². The molecule has 3 aromatic rings. The first-order chi connectivity index (χ1) is 16.2. The minimum atomic E-state index is 0.738. The van der Waals surface area contributed by atoms with Crippen LogP contribution in [0.1, 0.15) is 53.4 Å². The van der Waals surface area contributed by atoms with Crippen LogP contribution in [-0.4, -0.2) is 62.3 Å². The predicted octanol–water partition coefficient (Wildman–Crippen LogP) is 7.06. The smallest absolute Gasteiger partial charge is 0.120 e. The normalized spacial score (nSPS) is 11.8. The Balaban J connectivity index is 1.61. The highest BCUT2D eigenvalue weighted by Crippen LogP contribution is 2.37. The monoisotopic (exact) mass is 470 g/mol. The van der Waals surface area contributed by atoms with Crippen LogP contribution in [0.15, 0.2) is 36.4 Å². The molecule has 0 N–H and O–H groups in total.